The Hall–Kier alpha value is -1.70. The summed E-state index contributed by atoms with van der Waals surface area (Å²) in [5.41, 5.74) is 0.660. The van der Waals surface area contributed by atoms with E-state index in [0.717, 1.165) is 12.2 Å². The van der Waals surface area contributed by atoms with Crippen LogP contribution >= 0.6 is 11.8 Å². The van der Waals surface area contributed by atoms with Crippen LogP contribution in [0.4, 0.5) is 4.79 Å². The lowest BCUT2D eigenvalue weighted by Crippen LogP contribution is -2.49. The molecule has 7 nitrogen and oxygen atoms in total. The summed E-state index contributed by atoms with van der Waals surface area (Å²) in [5.74, 6) is -0.135. The second-order valence-electron chi connectivity index (χ2n) is 4.47. The molecule has 0 aromatic carbocycles. The second kappa shape index (κ2) is 8.47. The van der Waals surface area contributed by atoms with Crippen LogP contribution in [0, 0.1) is 0 Å². The van der Waals surface area contributed by atoms with Crippen LogP contribution in [0.25, 0.3) is 0 Å². The largest absolute Gasteiger partial charge is 0.480 e. The number of carbonyl (C=O) groups is 2. The minimum absolute atomic E-state index is 0.00375. The van der Waals surface area contributed by atoms with Crippen LogP contribution in [0.5, 0.6) is 0 Å². The molecule has 0 bridgehead atoms. The van der Waals surface area contributed by atoms with Crippen molar-refractivity contribution in [3.8, 4) is 0 Å². The summed E-state index contributed by atoms with van der Waals surface area (Å²) in [6, 6.07) is -1.45. The first-order valence-corrected chi connectivity index (χ1v) is 7.68. The first-order chi connectivity index (χ1) is 9.52. The Balaban J connectivity index is 2.45. The number of aromatic nitrogens is 2. The van der Waals surface area contributed by atoms with Gasteiger partial charge in [0.15, 0.2) is 0 Å². The summed E-state index contributed by atoms with van der Waals surface area (Å²) in [4.78, 5) is 29.5. The van der Waals surface area contributed by atoms with Crippen molar-refractivity contribution >= 4 is 23.8 Å². The van der Waals surface area contributed by atoms with Gasteiger partial charge in [-0.05, 0) is 25.4 Å². The molecule has 1 heterocycles. The van der Waals surface area contributed by atoms with E-state index in [9.17, 15) is 9.59 Å². The molecule has 1 unspecified atom stereocenters. The molecule has 1 rings (SSSR count). The van der Waals surface area contributed by atoms with Gasteiger partial charge in [-0.1, -0.05) is 0 Å². The molecule has 4 N–H and O–H groups in total. The Bertz CT molecular complexity index is 424. The highest BCUT2D eigenvalue weighted by molar-refractivity contribution is 7.98. The van der Waals surface area contributed by atoms with Gasteiger partial charge < -0.3 is 20.7 Å². The second-order valence-corrected chi connectivity index (χ2v) is 5.46. The number of carboxylic acids is 1. The molecule has 0 fully saturated rings. The van der Waals surface area contributed by atoms with Gasteiger partial charge >= 0.3 is 12.0 Å². The molecule has 0 spiro atoms. The summed E-state index contributed by atoms with van der Waals surface area (Å²) in [6.07, 6.45) is 6.02. The van der Waals surface area contributed by atoms with E-state index in [-0.39, 0.29) is 12.5 Å². The molecule has 20 heavy (non-hydrogen) atoms. The maximum atomic E-state index is 11.7. The van der Waals surface area contributed by atoms with E-state index in [2.05, 4.69) is 20.6 Å². The van der Waals surface area contributed by atoms with Crippen molar-refractivity contribution in [2.75, 3.05) is 12.0 Å². The van der Waals surface area contributed by atoms with Gasteiger partial charge in [0.1, 0.15) is 6.04 Å². The molecule has 2 amide bonds. The number of carboxylic acid groups (broad SMARTS) is 1. The summed E-state index contributed by atoms with van der Waals surface area (Å²) < 4.78 is 0. The van der Waals surface area contributed by atoms with E-state index >= 15 is 0 Å². The van der Waals surface area contributed by atoms with Crippen molar-refractivity contribution in [1.29, 1.82) is 0 Å². The number of amides is 2. The Morgan fingerprint density at radius 1 is 1.50 bits per heavy atom. The first-order valence-electron chi connectivity index (χ1n) is 6.29. The zero-order valence-electron chi connectivity index (χ0n) is 11.5. The van der Waals surface area contributed by atoms with Gasteiger partial charge in [0.05, 0.1) is 6.33 Å². The van der Waals surface area contributed by atoms with Crippen LogP contribution in [-0.4, -0.2) is 51.2 Å². The average Bonchev–Trinajstić information content (AvgIpc) is 2.88. The zero-order valence-corrected chi connectivity index (χ0v) is 12.4. The minimum atomic E-state index is -1.08. The zero-order chi connectivity index (χ0) is 15.0. The minimum Gasteiger partial charge on any atom is -0.480 e. The van der Waals surface area contributed by atoms with Gasteiger partial charge in [0.2, 0.25) is 0 Å². The standard InChI is InChI=1S/C12H20N4O3S/c1-8(3-4-20-2)15-12(19)16-10(11(17)18)5-9-6-13-7-14-9/h6-8,10H,3-5H2,1-2H3,(H,13,14)(H,17,18)(H2,15,16,19)/t8?,10-/m0/s1. The molecule has 0 aliphatic rings. The fourth-order valence-corrected chi connectivity index (χ4v) is 2.20. The molecule has 0 aliphatic carbocycles. The Morgan fingerprint density at radius 3 is 2.80 bits per heavy atom. The number of nitrogens with one attached hydrogen (secondary N) is 3. The first kappa shape index (κ1) is 16.4. The van der Waals surface area contributed by atoms with E-state index in [1.807, 2.05) is 13.2 Å². The number of aliphatic carboxylic acids is 1. The summed E-state index contributed by atoms with van der Waals surface area (Å²) in [5, 5.41) is 14.3. The number of H-pyrrole nitrogens is 1. The van der Waals surface area contributed by atoms with Gasteiger partial charge in [0, 0.05) is 24.4 Å². The maximum absolute atomic E-state index is 11.7. The van der Waals surface area contributed by atoms with Crippen LogP contribution in [0.3, 0.4) is 0 Å². The lowest BCUT2D eigenvalue weighted by Gasteiger charge is -2.17. The summed E-state index contributed by atoms with van der Waals surface area (Å²) >= 11 is 1.70. The quantitative estimate of drug-likeness (QED) is 0.569. The third kappa shape index (κ3) is 5.96. The van der Waals surface area contributed by atoms with E-state index in [4.69, 9.17) is 5.11 Å². The Labute approximate surface area is 121 Å². The van der Waals surface area contributed by atoms with Gasteiger partial charge in [-0.25, -0.2) is 14.6 Å². The van der Waals surface area contributed by atoms with Gasteiger partial charge in [-0.2, -0.15) is 11.8 Å². The molecule has 112 valence electrons. The van der Waals surface area contributed by atoms with Crippen molar-refractivity contribution in [3.63, 3.8) is 0 Å². The average molecular weight is 300 g/mol. The number of hydrogen-bond donors (Lipinski definition) is 4. The lowest BCUT2D eigenvalue weighted by atomic mass is 10.1. The highest BCUT2D eigenvalue weighted by atomic mass is 32.2. The van der Waals surface area contributed by atoms with Crippen molar-refractivity contribution in [2.24, 2.45) is 0 Å². The molecule has 0 saturated heterocycles. The Kier molecular flexibility index (Phi) is 6.92. The number of rotatable bonds is 8. The smallest absolute Gasteiger partial charge is 0.326 e. The number of nitrogens with zero attached hydrogens (tertiary/aromatic N) is 1. The highest BCUT2D eigenvalue weighted by Crippen LogP contribution is 2.01. The highest BCUT2D eigenvalue weighted by Gasteiger charge is 2.21. The molecular formula is C12H20N4O3S. The van der Waals surface area contributed by atoms with E-state index < -0.39 is 18.0 Å². The van der Waals surface area contributed by atoms with Crippen LogP contribution in [0.1, 0.15) is 19.0 Å². The molecule has 8 heteroatoms. The number of aromatic amines is 1. The van der Waals surface area contributed by atoms with Gasteiger partial charge in [-0.15, -0.1) is 0 Å². The fraction of sp³-hybridized carbons (Fsp3) is 0.583. The van der Waals surface area contributed by atoms with Crippen LogP contribution < -0.4 is 10.6 Å². The van der Waals surface area contributed by atoms with E-state index in [1.54, 1.807) is 11.8 Å². The number of carbonyl (C=O) groups excluding carboxylic acids is 1. The molecule has 0 saturated carbocycles. The third-order valence-corrected chi connectivity index (χ3v) is 3.36. The van der Waals surface area contributed by atoms with Crippen molar-refractivity contribution in [1.82, 2.24) is 20.6 Å². The number of thioether (sulfide) groups is 1. The summed E-state index contributed by atoms with van der Waals surface area (Å²) in [6.45, 7) is 1.89. The number of urea groups is 1. The van der Waals surface area contributed by atoms with Crippen LogP contribution in [0.15, 0.2) is 12.5 Å². The fourth-order valence-electron chi connectivity index (χ4n) is 1.61. The maximum Gasteiger partial charge on any atom is 0.326 e. The van der Waals surface area contributed by atoms with Gasteiger partial charge in [-0.3, -0.25) is 0 Å². The molecule has 1 aromatic rings. The molecule has 0 radical (unpaired) electrons. The summed E-state index contributed by atoms with van der Waals surface area (Å²) in [7, 11) is 0. The van der Waals surface area contributed by atoms with E-state index in [0.29, 0.717) is 5.69 Å². The topological polar surface area (TPSA) is 107 Å². The normalized spacial score (nSPS) is 13.5. The van der Waals surface area contributed by atoms with Crippen molar-refractivity contribution in [3.05, 3.63) is 18.2 Å². The van der Waals surface area contributed by atoms with Crippen molar-refractivity contribution in [2.45, 2.75) is 31.8 Å². The van der Waals surface area contributed by atoms with Gasteiger partial charge in [0.25, 0.3) is 0 Å². The van der Waals surface area contributed by atoms with Crippen LogP contribution in [-0.2, 0) is 11.2 Å². The third-order valence-electron chi connectivity index (χ3n) is 2.71. The monoisotopic (exact) mass is 300 g/mol. The Morgan fingerprint density at radius 2 is 2.25 bits per heavy atom. The van der Waals surface area contributed by atoms with E-state index in [1.165, 1.54) is 12.5 Å². The number of hydrogen-bond acceptors (Lipinski definition) is 4. The lowest BCUT2D eigenvalue weighted by molar-refractivity contribution is -0.139. The van der Waals surface area contributed by atoms with Crippen LogP contribution in [0.2, 0.25) is 0 Å². The molecule has 0 aliphatic heterocycles. The number of imidazole rings is 1. The predicted octanol–water partition coefficient (Wildman–Crippen LogP) is 0.846. The predicted molar refractivity (Wildman–Crippen MR) is 77.8 cm³/mol. The SMILES string of the molecule is CSCCC(C)NC(=O)N[C@@H](Cc1cnc[nH]1)C(=O)O. The molecular weight excluding hydrogens is 280 g/mol. The molecule has 2 atom stereocenters. The van der Waals surface area contributed by atoms with Crippen molar-refractivity contribution < 1.29 is 14.7 Å². The molecule has 1 aromatic heterocycles.